The molecule has 0 atom stereocenters. The van der Waals surface area contributed by atoms with Crippen LogP contribution in [0.15, 0.2) is 30.3 Å². The van der Waals surface area contributed by atoms with Crippen LogP contribution in [0.4, 0.5) is 5.82 Å². The largest absolute Gasteiger partial charge is 0.437 e. The van der Waals surface area contributed by atoms with Crippen LogP contribution in [0, 0.1) is 0 Å². The molecular weight excluding hydrogens is 309 g/mol. The number of ether oxygens (including phenoxy) is 1. The highest BCUT2D eigenvalue weighted by Crippen LogP contribution is 2.33. The van der Waals surface area contributed by atoms with Gasteiger partial charge in [0.05, 0.1) is 5.02 Å². The summed E-state index contributed by atoms with van der Waals surface area (Å²) < 4.78 is 5.68. The lowest BCUT2D eigenvalue weighted by Gasteiger charge is -2.19. The first kappa shape index (κ1) is 15.9. The van der Waals surface area contributed by atoms with Crippen LogP contribution in [0.3, 0.4) is 0 Å². The molecule has 2 aromatic rings. The summed E-state index contributed by atoms with van der Waals surface area (Å²) in [4.78, 5) is 4.13. The molecule has 0 aliphatic rings. The van der Waals surface area contributed by atoms with E-state index in [0.29, 0.717) is 21.6 Å². The molecule has 0 fully saturated rings. The van der Waals surface area contributed by atoms with Crippen molar-refractivity contribution in [3.8, 4) is 11.6 Å². The van der Waals surface area contributed by atoms with Crippen LogP contribution in [0.5, 0.6) is 11.6 Å². The topological polar surface area (TPSA) is 60.2 Å². The van der Waals surface area contributed by atoms with Crippen LogP contribution >= 0.6 is 23.2 Å². The van der Waals surface area contributed by atoms with Crippen LogP contribution in [0.25, 0.3) is 0 Å². The van der Waals surface area contributed by atoms with Crippen LogP contribution in [-0.2, 0) is 5.41 Å². The number of hydrazine groups is 1. The summed E-state index contributed by atoms with van der Waals surface area (Å²) in [6, 6.07) is 9.32. The average molecular weight is 326 g/mol. The Morgan fingerprint density at radius 3 is 2.24 bits per heavy atom. The van der Waals surface area contributed by atoms with Gasteiger partial charge in [0.15, 0.2) is 5.82 Å². The number of pyridine rings is 1. The standard InChI is InChI=1S/C15H17Cl2N3O/c1-15(2,3)9-4-6-10(7-5-9)21-14-12(17)8-11(16)13(19-14)20-18/h4-8H,18H2,1-3H3,(H,19,20). The number of aromatic nitrogens is 1. The van der Waals surface area contributed by atoms with Gasteiger partial charge < -0.3 is 10.2 Å². The second-order valence-corrected chi connectivity index (χ2v) is 6.44. The van der Waals surface area contributed by atoms with Gasteiger partial charge in [0, 0.05) is 0 Å². The van der Waals surface area contributed by atoms with Crippen LogP contribution < -0.4 is 16.0 Å². The zero-order chi connectivity index (χ0) is 15.6. The Labute approximate surface area is 134 Å². The predicted molar refractivity (Wildman–Crippen MR) is 87.3 cm³/mol. The molecule has 0 amide bonds. The van der Waals surface area contributed by atoms with Crippen molar-refractivity contribution in [3.63, 3.8) is 0 Å². The summed E-state index contributed by atoms with van der Waals surface area (Å²) in [6.07, 6.45) is 0. The van der Waals surface area contributed by atoms with E-state index in [1.165, 1.54) is 11.6 Å². The Hall–Kier alpha value is -1.49. The van der Waals surface area contributed by atoms with Crippen molar-refractivity contribution in [2.75, 3.05) is 5.43 Å². The molecule has 0 saturated heterocycles. The van der Waals surface area contributed by atoms with Crippen molar-refractivity contribution in [3.05, 3.63) is 45.9 Å². The quantitative estimate of drug-likeness (QED) is 0.630. The maximum absolute atomic E-state index is 6.07. The highest BCUT2D eigenvalue weighted by atomic mass is 35.5. The molecule has 0 aliphatic carbocycles. The van der Waals surface area contributed by atoms with Gasteiger partial charge in [0.25, 0.3) is 0 Å². The number of nitrogens with two attached hydrogens (primary N) is 1. The molecule has 6 heteroatoms. The van der Waals surface area contributed by atoms with E-state index in [0.717, 1.165) is 0 Å². The fourth-order valence-electron chi connectivity index (χ4n) is 1.76. The molecular formula is C15H17Cl2N3O. The zero-order valence-corrected chi connectivity index (χ0v) is 13.6. The van der Waals surface area contributed by atoms with Crippen molar-refractivity contribution < 1.29 is 4.74 Å². The molecule has 0 unspecified atom stereocenters. The first-order chi connectivity index (χ1) is 9.81. The Morgan fingerprint density at radius 1 is 1.10 bits per heavy atom. The Morgan fingerprint density at radius 2 is 1.71 bits per heavy atom. The number of hydrogen-bond donors (Lipinski definition) is 2. The third kappa shape index (κ3) is 3.79. The first-order valence-corrected chi connectivity index (χ1v) is 7.18. The molecule has 1 aromatic heterocycles. The van der Waals surface area contributed by atoms with E-state index in [4.69, 9.17) is 33.8 Å². The molecule has 112 valence electrons. The molecule has 2 rings (SSSR count). The summed E-state index contributed by atoms with van der Waals surface area (Å²) >= 11 is 12.0. The minimum atomic E-state index is 0.0886. The number of anilines is 1. The van der Waals surface area contributed by atoms with Gasteiger partial charge in [-0.05, 0) is 29.2 Å². The second-order valence-electron chi connectivity index (χ2n) is 5.63. The van der Waals surface area contributed by atoms with Gasteiger partial charge in [0.2, 0.25) is 5.88 Å². The van der Waals surface area contributed by atoms with Gasteiger partial charge in [-0.1, -0.05) is 56.1 Å². The number of nitrogens with one attached hydrogen (secondary N) is 1. The van der Waals surface area contributed by atoms with Crippen LogP contribution in [0.2, 0.25) is 10.0 Å². The first-order valence-electron chi connectivity index (χ1n) is 6.42. The molecule has 21 heavy (non-hydrogen) atoms. The highest BCUT2D eigenvalue weighted by Gasteiger charge is 2.14. The molecule has 1 aromatic carbocycles. The number of benzene rings is 1. The summed E-state index contributed by atoms with van der Waals surface area (Å²) in [5.41, 5.74) is 3.70. The minimum absolute atomic E-state index is 0.0886. The van der Waals surface area contributed by atoms with E-state index in [-0.39, 0.29) is 11.3 Å². The molecule has 0 bridgehead atoms. The molecule has 1 heterocycles. The van der Waals surface area contributed by atoms with Crippen molar-refractivity contribution >= 4 is 29.0 Å². The normalized spacial score (nSPS) is 11.3. The smallest absolute Gasteiger partial charge is 0.240 e. The van der Waals surface area contributed by atoms with E-state index in [2.05, 4.69) is 31.2 Å². The van der Waals surface area contributed by atoms with Gasteiger partial charge in [0.1, 0.15) is 10.8 Å². The zero-order valence-electron chi connectivity index (χ0n) is 12.1. The fourth-order valence-corrected chi connectivity index (χ4v) is 2.21. The maximum Gasteiger partial charge on any atom is 0.240 e. The Balaban J connectivity index is 2.26. The number of rotatable bonds is 3. The van der Waals surface area contributed by atoms with Gasteiger partial charge >= 0.3 is 0 Å². The SMILES string of the molecule is CC(C)(C)c1ccc(Oc2nc(NN)c(Cl)cc2Cl)cc1. The van der Waals surface area contributed by atoms with Gasteiger partial charge in [-0.15, -0.1) is 0 Å². The average Bonchev–Trinajstić information content (AvgIpc) is 2.41. The predicted octanol–water partition coefficient (Wildman–Crippen LogP) is 4.76. The number of nitrogen functional groups attached to an aromatic ring is 1. The second kappa shape index (κ2) is 6.10. The van der Waals surface area contributed by atoms with E-state index < -0.39 is 0 Å². The van der Waals surface area contributed by atoms with Gasteiger partial charge in [-0.2, -0.15) is 4.98 Å². The van der Waals surface area contributed by atoms with Crippen molar-refractivity contribution in [2.24, 2.45) is 5.84 Å². The molecule has 4 nitrogen and oxygen atoms in total. The third-order valence-corrected chi connectivity index (χ3v) is 3.53. The Bertz CT molecular complexity index is 637. The van der Waals surface area contributed by atoms with E-state index in [9.17, 15) is 0 Å². The third-order valence-electron chi connectivity index (χ3n) is 2.97. The van der Waals surface area contributed by atoms with E-state index in [1.807, 2.05) is 24.3 Å². The number of hydrogen-bond acceptors (Lipinski definition) is 4. The van der Waals surface area contributed by atoms with Crippen LogP contribution in [-0.4, -0.2) is 4.98 Å². The monoisotopic (exact) mass is 325 g/mol. The fraction of sp³-hybridized carbons (Fsp3) is 0.267. The van der Waals surface area contributed by atoms with E-state index >= 15 is 0 Å². The lowest BCUT2D eigenvalue weighted by Crippen LogP contribution is -2.10. The highest BCUT2D eigenvalue weighted by molar-refractivity contribution is 6.36. The molecule has 0 spiro atoms. The minimum Gasteiger partial charge on any atom is -0.437 e. The van der Waals surface area contributed by atoms with Crippen molar-refractivity contribution in [1.82, 2.24) is 4.98 Å². The number of halogens is 2. The molecule has 0 radical (unpaired) electrons. The van der Waals surface area contributed by atoms with Gasteiger partial charge in [-0.3, -0.25) is 0 Å². The summed E-state index contributed by atoms with van der Waals surface area (Å²) in [6.45, 7) is 6.46. The molecule has 0 saturated carbocycles. The van der Waals surface area contributed by atoms with Crippen LogP contribution in [0.1, 0.15) is 26.3 Å². The van der Waals surface area contributed by atoms with E-state index in [1.54, 1.807) is 0 Å². The number of nitrogens with zero attached hydrogens (tertiary/aromatic N) is 1. The maximum atomic E-state index is 6.07. The summed E-state index contributed by atoms with van der Waals surface area (Å²) in [5, 5.41) is 0.650. The van der Waals surface area contributed by atoms with Gasteiger partial charge in [-0.25, -0.2) is 5.84 Å². The van der Waals surface area contributed by atoms with Crippen molar-refractivity contribution in [1.29, 1.82) is 0 Å². The molecule has 3 N–H and O–H groups in total. The lowest BCUT2D eigenvalue weighted by atomic mass is 9.87. The lowest BCUT2D eigenvalue weighted by molar-refractivity contribution is 0.463. The summed E-state index contributed by atoms with van der Waals surface area (Å²) in [5.74, 6) is 6.53. The Kier molecular flexibility index (Phi) is 4.61. The van der Waals surface area contributed by atoms with Crippen molar-refractivity contribution in [2.45, 2.75) is 26.2 Å². The summed E-state index contributed by atoms with van der Waals surface area (Å²) in [7, 11) is 0. The molecule has 0 aliphatic heterocycles.